The van der Waals surface area contributed by atoms with Crippen LogP contribution in [0, 0.1) is 5.92 Å². The Hall–Kier alpha value is -2.13. The standard InChI is InChI=1S/C19H28N4O4S/c1-21(2)28(26,27)17-9-5-8-16(13-17)20-18(24)15-7-6-12-23(14-15)19(25)22-10-3-4-11-22/h5,8-9,13,15H,3-4,6-7,10-12,14H2,1-2H3,(H,20,24)/t15-/m1/s1. The molecular weight excluding hydrogens is 380 g/mol. The van der Waals surface area contributed by atoms with Crippen molar-refractivity contribution in [1.82, 2.24) is 14.1 Å². The molecule has 8 nitrogen and oxygen atoms in total. The minimum atomic E-state index is -3.57. The minimum Gasteiger partial charge on any atom is -0.326 e. The van der Waals surface area contributed by atoms with Gasteiger partial charge in [-0.25, -0.2) is 17.5 Å². The van der Waals surface area contributed by atoms with E-state index in [2.05, 4.69) is 5.32 Å². The summed E-state index contributed by atoms with van der Waals surface area (Å²) in [6, 6.07) is 6.26. The molecule has 1 aromatic carbocycles. The van der Waals surface area contributed by atoms with E-state index in [1.165, 1.54) is 26.2 Å². The first kappa shape index (κ1) is 20.6. The number of anilines is 1. The van der Waals surface area contributed by atoms with Gasteiger partial charge in [0, 0.05) is 46.0 Å². The Bertz CT molecular complexity index is 834. The second-order valence-electron chi connectivity index (χ2n) is 7.57. The highest BCUT2D eigenvalue weighted by Crippen LogP contribution is 2.23. The lowest BCUT2D eigenvalue weighted by molar-refractivity contribution is -0.121. The van der Waals surface area contributed by atoms with Gasteiger partial charge < -0.3 is 15.1 Å². The number of hydrogen-bond acceptors (Lipinski definition) is 4. The lowest BCUT2D eigenvalue weighted by Crippen LogP contribution is -2.48. The first-order valence-electron chi connectivity index (χ1n) is 9.66. The van der Waals surface area contributed by atoms with Crippen molar-refractivity contribution < 1.29 is 18.0 Å². The van der Waals surface area contributed by atoms with Crippen LogP contribution in [-0.2, 0) is 14.8 Å². The molecule has 0 radical (unpaired) electrons. The van der Waals surface area contributed by atoms with Crippen LogP contribution in [0.1, 0.15) is 25.7 Å². The first-order chi connectivity index (χ1) is 13.3. The summed E-state index contributed by atoms with van der Waals surface area (Å²) < 4.78 is 25.7. The average Bonchev–Trinajstić information content (AvgIpc) is 3.22. The Kier molecular flexibility index (Phi) is 6.24. The highest BCUT2D eigenvalue weighted by atomic mass is 32.2. The van der Waals surface area contributed by atoms with E-state index in [9.17, 15) is 18.0 Å². The van der Waals surface area contributed by atoms with Crippen molar-refractivity contribution in [1.29, 1.82) is 0 Å². The number of benzene rings is 1. The zero-order valence-corrected chi connectivity index (χ0v) is 17.2. The zero-order valence-electron chi connectivity index (χ0n) is 16.4. The van der Waals surface area contributed by atoms with Crippen LogP contribution in [0.4, 0.5) is 10.5 Å². The van der Waals surface area contributed by atoms with Crippen molar-refractivity contribution >= 4 is 27.6 Å². The van der Waals surface area contributed by atoms with Gasteiger partial charge in [-0.1, -0.05) is 6.07 Å². The van der Waals surface area contributed by atoms with E-state index >= 15 is 0 Å². The van der Waals surface area contributed by atoms with E-state index in [1.807, 2.05) is 4.90 Å². The molecule has 1 aromatic rings. The smallest absolute Gasteiger partial charge is 0.320 e. The third kappa shape index (κ3) is 4.47. The van der Waals surface area contributed by atoms with Crippen molar-refractivity contribution in [2.75, 3.05) is 45.6 Å². The summed E-state index contributed by atoms with van der Waals surface area (Å²) >= 11 is 0. The van der Waals surface area contributed by atoms with Gasteiger partial charge in [0.25, 0.3) is 0 Å². The number of urea groups is 1. The number of amides is 3. The molecule has 2 aliphatic rings. The fourth-order valence-corrected chi connectivity index (χ4v) is 4.61. The number of carbonyl (C=O) groups is 2. The molecule has 0 aliphatic carbocycles. The van der Waals surface area contributed by atoms with Crippen LogP contribution in [0.2, 0.25) is 0 Å². The van der Waals surface area contributed by atoms with Gasteiger partial charge in [-0.15, -0.1) is 0 Å². The fourth-order valence-electron chi connectivity index (χ4n) is 3.66. The maximum Gasteiger partial charge on any atom is 0.320 e. The Morgan fingerprint density at radius 2 is 1.75 bits per heavy atom. The summed E-state index contributed by atoms with van der Waals surface area (Å²) in [5, 5.41) is 2.82. The highest BCUT2D eigenvalue weighted by Gasteiger charge is 2.31. The largest absolute Gasteiger partial charge is 0.326 e. The maximum atomic E-state index is 12.7. The molecule has 0 aromatic heterocycles. The molecule has 2 saturated heterocycles. The number of likely N-dealkylation sites (tertiary alicyclic amines) is 2. The number of hydrogen-bond donors (Lipinski definition) is 1. The molecule has 0 saturated carbocycles. The summed E-state index contributed by atoms with van der Waals surface area (Å²) in [5.74, 6) is -0.479. The Morgan fingerprint density at radius 3 is 2.43 bits per heavy atom. The molecule has 28 heavy (non-hydrogen) atoms. The fraction of sp³-hybridized carbons (Fsp3) is 0.579. The number of rotatable bonds is 4. The van der Waals surface area contributed by atoms with Crippen LogP contribution in [0.3, 0.4) is 0 Å². The van der Waals surface area contributed by atoms with Crippen molar-refractivity contribution in [3.8, 4) is 0 Å². The molecule has 0 unspecified atom stereocenters. The van der Waals surface area contributed by atoms with Crippen LogP contribution in [-0.4, -0.2) is 74.7 Å². The molecule has 2 heterocycles. The second kappa shape index (κ2) is 8.48. The molecule has 3 rings (SSSR count). The van der Waals surface area contributed by atoms with Crippen molar-refractivity contribution in [3.63, 3.8) is 0 Å². The van der Waals surface area contributed by atoms with Gasteiger partial charge in [0.2, 0.25) is 15.9 Å². The Balaban J connectivity index is 1.65. The van der Waals surface area contributed by atoms with Crippen molar-refractivity contribution in [3.05, 3.63) is 24.3 Å². The van der Waals surface area contributed by atoms with Gasteiger partial charge in [0.05, 0.1) is 10.8 Å². The molecule has 154 valence electrons. The van der Waals surface area contributed by atoms with E-state index < -0.39 is 10.0 Å². The topological polar surface area (TPSA) is 90.0 Å². The Morgan fingerprint density at radius 1 is 1.07 bits per heavy atom. The molecular formula is C19H28N4O4S. The van der Waals surface area contributed by atoms with E-state index in [0.29, 0.717) is 25.2 Å². The SMILES string of the molecule is CN(C)S(=O)(=O)c1cccc(NC(=O)[C@@H]2CCCN(C(=O)N3CCCC3)C2)c1. The monoisotopic (exact) mass is 408 g/mol. The quantitative estimate of drug-likeness (QED) is 0.823. The van der Waals surface area contributed by atoms with Crippen LogP contribution in [0.15, 0.2) is 29.2 Å². The van der Waals surface area contributed by atoms with Gasteiger partial charge in [-0.3, -0.25) is 4.79 Å². The van der Waals surface area contributed by atoms with Crippen LogP contribution >= 0.6 is 0 Å². The number of piperidine rings is 1. The van der Waals surface area contributed by atoms with Crippen LogP contribution in [0.5, 0.6) is 0 Å². The normalized spacial score (nSPS) is 20.5. The lowest BCUT2D eigenvalue weighted by atomic mass is 9.97. The van der Waals surface area contributed by atoms with Gasteiger partial charge in [-0.05, 0) is 43.9 Å². The second-order valence-corrected chi connectivity index (χ2v) is 9.72. The summed E-state index contributed by atoms with van der Waals surface area (Å²) in [7, 11) is -0.632. The maximum absolute atomic E-state index is 12.7. The summed E-state index contributed by atoms with van der Waals surface area (Å²) in [4.78, 5) is 29.1. The number of carbonyl (C=O) groups excluding carboxylic acids is 2. The van der Waals surface area contributed by atoms with Crippen LogP contribution < -0.4 is 5.32 Å². The van der Waals surface area contributed by atoms with Gasteiger partial charge in [0.15, 0.2) is 0 Å². The first-order valence-corrected chi connectivity index (χ1v) is 11.1. The molecule has 9 heteroatoms. The predicted octanol–water partition coefficient (Wildman–Crippen LogP) is 1.80. The van der Waals surface area contributed by atoms with Gasteiger partial charge in [-0.2, -0.15) is 0 Å². The van der Waals surface area contributed by atoms with Crippen molar-refractivity contribution in [2.45, 2.75) is 30.6 Å². The summed E-state index contributed by atoms with van der Waals surface area (Å²) in [5.41, 5.74) is 0.441. The lowest BCUT2D eigenvalue weighted by Gasteiger charge is -2.34. The van der Waals surface area contributed by atoms with Gasteiger partial charge >= 0.3 is 6.03 Å². The van der Waals surface area contributed by atoms with E-state index in [4.69, 9.17) is 0 Å². The molecule has 1 atom stereocenters. The third-order valence-electron chi connectivity index (χ3n) is 5.32. The minimum absolute atomic E-state index is 0.0223. The Labute approximate surface area is 166 Å². The average molecular weight is 409 g/mol. The van der Waals surface area contributed by atoms with E-state index in [-0.39, 0.29) is 22.8 Å². The number of nitrogens with one attached hydrogen (secondary N) is 1. The van der Waals surface area contributed by atoms with Gasteiger partial charge in [0.1, 0.15) is 0 Å². The zero-order chi connectivity index (χ0) is 20.3. The molecule has 1 N–H and O–H groups in total. The van der Waals surface area contributed by atoms with Crippen molar-refractivity contribution in [2.24, 2.45) is 5.92 Å². The number of nitrogens with zero attached hydrogens (tertiary/aromatic N) is 3. The molecule has 2 fully saturated rings. The highest BCUT2D eigenvalue weighted by molar-refractivity contribution is 7.89. The molecule has 0 spiro atoms. The summed E-state index contributed by atoms with van der Waals surface area (Å²) in [6.45, 7) is 2.66. The van der Waals surface area contributed by atoms with E-state index in [0.717, 1.165) is 36.7 Å². The third-order valence-corrected chi connectivity index (χ3v) is 7.13. The van der Waals surface area contributed by atoms with Crippen LogP contribution in [0.25, 0.3) is 0 Å². The number of sulfonamides is 1. The summed E-state index contributed by atoms with van der Waals surface area (Å²) in [6.07, 6.45) is 3.57. The molecule has 2 aliphatic heterocycles. The van der Waals surface area contributed by atoms with E-state index in [1.54, 1.807) is 17.0 Å². The predicted molar refractivity (Wildman–Crippen MR) is 106 cm³/mol. The molecule has 0 bridgehead atoms. The molecule has 3 amide bonds.